The zero-order chi connectivity index (χ0) is 11.0. The third kappa shape index (κ3) is 1.77. The second-order valence-electron chi connectivity index (χ2n) is 4.82. The molecule has 3 rings (SSSR count). The fraction of sp³-hybridized carbons (Fsp3) is 0.692. The van der Waals surface area contributed by atoms with Crippen molar-refractivity contribution >= 4 is 0 Å². The van der Waals surface area contributed by atoms with Crippen LogP contribution in [0.2, 0.25) is 0 Å². The molecule has 0 fully saturated rings. The molecule has 0 saturated heterocycles. The Morgan fingerprint density at radius 3 is 1.53 bits per heavy atom. The molecule has 0 aromatic heterocycles. The fourth-order valence-electron chi connectivity index (χ4n) is 1.92. The Morgan fingerprint density at radius 1 is 0.867 bits per heavy atom. The lowest BCUT2D eigenvalue weighted by molar-refractivity contribution is 0.0760. The maximum absolute atomic E-state index is 5.19. The molecule has 0 aromatic carbocycles. The molecule has 0 spiro atoms. The van der Waals surface area contributed by atoms with Crippen LogP contribution in [0.4, 0.5) is 0 Å². The molecule has 3 aliphatic rings. The Labute approximate surface area is 92.0 Å². The standard InChI is InChI=1S/C7H10O2.C6H10/c1-4-5(2)7-6(4)8-3-9-7;1-5-3-4-6(5)2/h4-5H,3H2,1-2H3;3-6H,1-2H3. The van der Waals surface area contributed by atoms with Crippen molar-refractivity contribution in [2.75, 3.05) is 6.79 Å². The highest BCUT2D eigenvalue weighted by molar-refractivity contribution is 5.23. The van der Waals surface area contributed by atoms with Gasteiger partial charge in [-0.1, -0.05) is 39.8 Å². The summed E-state index contributed by atoms with van der Waals surface area (Å²) in [7, 11) is 0. The van der Waals surface area contributed by atoms with Gasteiger partial charge in [0.25, 0.3) is 0 Å². The lowest BCUT2D eigenvalue weighted by Gasteiger charge is -2.28. The van der Waals surface area contributed by atoms with E-state index < -0.39 is 0 Å². The summed E-state index contributed by atoms with van der Waals surface area (Å²) >= 11 is 0. The first-order valence-corrected chi connectivity index (χ1v) is 5.79. The molecule has 0 N–H and O–H groups in total. The highest BCUT2D eigenvalue weighted by atomic mass is 16.7. The first-order chi connectivity index (χ1) is 7.11. The number of rotatable bonds is 0. The van der Waals surface area contributed by atoms with Crippen LogP contribution in [-0.4, -0.2) is 6.79 Å². The van der Waals surface area contributed by atoms with Gasteiger partial charge in [-0.05, 0) is 11.8 Å². The van der Waals surface area contributed by atoms with Gasteiger partial charge in [0.1, 0.15) is 11.5 Å². The first-order valence-electron chi connectivity index (χ1n) is 5.79. The maximum Gasteiger partial charge on any atom is 0.230 e. The molecular formula is C13H20O2. The Balaban J connectivity index is 0.000000124. The molecular weight excluding hydrogens is 188 g/mol. The number of allylic oxidation sites excluding steroid dienone is 4. The van der Waals surface area contributed by atoms with E-state index in [9.17, 15) is 0 Å². The van der Waals surface area contributed by atoms with E-state index in [2.05, 4.69) is 39.8 Å². The van der Waals surface area contributed by atoms with Crippen LogP contribution >= 0.6 is 0 Å². The predicted molar refractivity (Wildman–Crippen MR) is 59.9 cm³/mol. The van der Waals surface area contributed by atoms with E-state index in [1.807, 2.05) is 0 Å². The lowest BCUT2D eigenvalue weighted by Crippen LogP contribution is -2.24. The fourth-order valence-corrected chi connectivity index (χ4v) is 1.92. The largest absolute Gasteiger partial charge is 0.458 e. The van der Waals surface area contributed by atoms with E-state index in [1.165, 1.54) is 0 Å². The molecule has 2 aliphatic carbocycles. The van der Waals surface area contributed by atoms with E-state index in [4.69, 9.17) is 9.47 Å². The number of hydrogen-bond acceptors (Lipinski definition) is 2. The molecule has 0 bridgehead atoms. The maximum atomic E-state index is 5.19. The van der Waals surface area contributed by atoms with Gasteiger partial charge in [-0.2, -0.15) is 0 Å². The highest BCUT2D eigenvalue weighted by Crippen LogP contribution is 2.44. The van der Waals surface area contributed by atoms with Crippen molar-refractivity contribution < 1.29 is 9.47 Å². The van der Waals surface area contributed by atoms with Gasteiger partial charge in [0.15, 0.2) is 0 Å². The molecule has 1 aliphatic heterocycles. The van der Waals surface area contributed by atoms with Crippen LogP contribution in [0.3, 0.4) is 0 Å². The Hall–Kier alpha value is -0.920. The normalized spacial score (nSPS) is 40.3. The average molecular weight is 208 g/mol. The van der Waals surface area contributed by atoms with Gasteiger partial charge in [-0.25, -0.2) is 0 Å². The van der Waals surface area contributed by atoms with Gasteiger partial charge in [-0.15, -0.1) is 0 Å². The summed E-state index contributed by atoms with van der Waals surface area (Å²) in [5, 5.41) is 0. The van der Waals surface area contributed by atoms with E-state index in [1.54, 1.807) is 0 Å². The van der Waals surface area contributed by atoms with E-state index >= 15 is 0 Å². The van der Waals surface area contributed by atoms with Crippen LogP contribution in [0.15, 0.2) is 23.7 Å². The van der Waals surface area contributed by atoms with Gasteiger partial charge >= 0.3 is 0 Å². The highest BCUT2D eigenvalue weighted by Gasteiger charge is 2.40. The topological polar surface area (TPSA) is 18.5 Å². The molecule has 2 nitrogen and oxygen atoms in total. The van der Waals surface area contributed by atoms with Crippen molar-refractivity contribution in [3.63, 3.8) is 0 Å². The molecule has 0 radical (unpaired) electrons. The number of ether oxygens (including phenoxy) is 2. The quantitative estimate of drug-likeness (QED) is 0.568. The Kier molecular flexibility index (Phi) is 2.76. The van der Waals surface area contributed by atoms with Crippen molar-refractivity contribution in [1.82, 2.24) is 0 Å². The van der Waals surface area contributed by atoms with Gasteiger partial charge in [0.05, 0.1) is 0 Å². The molecule has 15 heavy (non-hydrogen) atoms. The molecule has 4 atom stereocenters. The molecule has 2 heteroatoms. The second-order valence-corrected chi connectivity index (χ2v) is 4.82. The van der Waals surface area contributed by atoms with E-state index in [0.717, 1.165) is 23.4 Å². The van der Waals surface area contributed by atoms with Crippen molar-refractivity contribution in [3.05, 3.63) is 23.7 Å². The Morgan fingerprint density at radius 2 is 1.27 bits per heavy atom. The molecule has 0 amide bonds. The zero-order valence-electron chi connectivity index (χ0n) is 9.99. The smallest absolute Gasteiger partial charge is 0.230 e. The SMILES string of the molecule is CC1C2=C(OCO2)C1C.CC1C=CC1C. The minimum atomic E-state index is 0.444. The summed E-state index contributed by atoms with van der Waals surface area (Å²) in [6.45, 7) is 9.25. The monoisotopic (exact) mass is 208 g/mol. The van der Waals surface area contributed by atoms with Crippen LogP contribution in [0.5, 0.6) is 0 Å². The van der Waals surface area contributed by atoms with E-state index in [-0.39, 0.29) is 0 Å². The van der Waals surface area contributed by atoms with Crippen LogP contribution in [0.1, 0.15) is 27.7 Å². The van der Waals surface area contributed by atoms with Gasteiger partial charge in [-0.3, -0.25) is 0 Å². The molecule has 0 aromatic rings. The summed E-state index contributed by atoms with van der Waals surface area (Å²) in [6, 6.07) is 0. The van der Waals surface area contributed by atoms with Gasteiger partial charge in [0, 0.05) is 11.8 Å². The van der Waals surface area contributed by atoms with Crippen molar-refractivity contribution in [2.45, 2.75) is 27.7 Å². The second kappa shape index (κ2) is 3.92. The van der Waals surface area contributed by atoms with Gasteiger partial charge < -0.3 is 9.47 Å². The molecule has 4 unspecified atom stereocenters. The summed E-state index contributed by atoms with van der Waals surface area (Å²) in [4.78, 5) is 0. The third-order valence-corrected chi connectivity index (χ3v) is 3.80. The summed E-state index contributed by atoms with van der Waals surface area (Å²) < 4.78 is 10.4. The van der Waals surface area contributed by atoms with Gasteiger partial charge in [0.2, 0.25) is 6.79 Å². The zero-order valence-corrected chi connectivity index (χ0v) is 9.99. The average Bonchev–Trinajstić information content (AvgIpc) is 2.71. The summed E-state index contributed by atoms with van der Waals surface area (Å²) in [6.07, 6.45) is 4.48. The predicted octanol–water partition coefficient (Wildman–Crippen LogP) is 3.32. The minimum absolute atomic E-state index is 0.444. The summed E-state index contributed by atoms with van der Waals surface area (Å²) in [5.74, 6) is 5.05. The summed E-state index contributed by atoms with van der Waals surface area (Å²) in [5.41, 5.74) is 0. The molecule has 84 valence electrons. The van der Waals surface area contributed by atoms with Crippen molar-refractivity contribution in [1.29, 1.82) is 0 Å². The van der Waals surface area contributed by atoms with Crippen molar-refractivity contribution in [2.24, 2.45) is 23.7 Å². The minimum Gasteiger partial charge on any atom is -0.458 e. The van der Waals surface area contributed by atoms with E-state index in [0.29, 0.717) is 18.6 Å². The first kappa shape index (κ1) is 10.6. The van der Waals surface area contributed by atoms with Crippen LogP contribution < -0.4 is 0 Å². The lowest BCUT2D eigenvalue weighted by atomic mass is 9.81. The third-order valence-electron chi connectivity index (χ3n) is 3.80. The van der Waals surface area contributed by atoms with Crippen LogP contribution in [-0.2, 0) is 9.47 Å². The van der Waals surface area contributed by atoms with Crippen LogP contribution in [0.25, 0.3) is 0 Å². The van der Waals surface area contributed by atoms with Crippen LogP contribution in [0, 0.1) is 23.7 Å². The number of hydrogen-bond donors (Lipinski definition) is 0. The molecule has 1 heterocycles. The Bertz CT molecular complexity index is 276. The molecule has 0 saturated carbocycles. The van der Waals surface area contributed by atoms with Crippen molar-refractivity contribution in [3.8, 4) is 0 Å².